The fraction of sp³-hybridized carbons (Fsp3) is 0.188. The van der Waals surface area contributed by atoms with Gasteiger partial charge in [0, 0.05) is 28.7 Å². The molecular formula is C16H15BrClNO. The summed E-state index contributed by atoms with van der Waals surface area (Å²) in [4.78, 5) is 14.1. The second-order valence-corrected chi connectivity index (χ2v) is 6.16. The molecule has 0 aliphatic heterocycles. The van der Waals surface area contributed by atoms with Gasteiger partial charge < -0.3 is 4.90 Å². The zero-order valence-corrected chi connectivity index (χ0v) is 13.7. The molecule has 0 heterocycles. The predicted octanol–water partition coefficient (Wildman–Crippen LogP) is 4.68. The minimum absolute atomic E-state index is 0.00521. The molecule has 0 saturated heterocycles. The molecule has 1 amide bonds. The summed E-state index contributed by atoms with van der Waals surface area (Å²) in [7, 11) is 1.79. The predicted molar refractivity (Wildman–Crippen MR) is 86.1 cm³/mol. The summed E-state index contributed by atoms with van der Waals surface area (Å²) in [6, 6.07) is 13.3. The van der Waals surface area contributed by atoms with Crippen LogP contribution in [0.2, 0.25) is 5.02 Å². The van der Waals surface area contributed by atoms with Crippen LogP contribution in [0.5, 0.6) is 0 Å². The third-order valence-electron chi connectivity index (χ3n) is 2.94. The van der Waals surface area contributed by atoms with Crippen LogP contribution in [-0.2, 0) is 6.54 Å². The minimum atomic E-state index is -0.00521. The van der Waals surface area contributed by atoms with Crippen molar-refractivity contribution in [2.24, 2.45) is 0 Å². The van der Waals surface area contributed by atoms with E-state index < -0.39 is 0 Å². The second kappa shape index (κ2) is 6.42. The van der Waals surface area contributed by atoms with Crippen molar-refractivity contribution in [1.82, 2.24) is 4.90 Å². The van der Waals surface area contributed by atoms with E-state index in [-0.39, 0.29) is 5.91 Å². The Morgan fingerprint density at radius 3 is 2.65 bits per heavy atom. The average Bonchev–Trinajstić information content (AvgIpc) is 2.36. The first kappa shape index (κ1) is 15.1. The molecule has 2 aromatic rings. The van der Waals surface area contributed by atoms with Gasteiger partial charge in [-0.3, -0.25) is 4.79 Å². The third-order valence-corrected chi connectivity index (χ3v) is 3.64. The lowest BCUT2D eigenvalue weighted by molar-refractivity contribution is 0.0785. The summed E-state index contributed by atoms with van der Waals surface area (Å²) in [6.45, 7) is 2.50. The molecule has 0 atom stereocenters. The minimum Gasteiger partial charge on any atom is -0.337 e. The SMILES string of the molecule is Cc1cc(Br)cc(C(=O)N(C)Cc2cccc(Cl)c2)c1. The molecule has 0 aromatic heterocycles. The van der Waals surface area contributed by atoms with Crippen molar-refractivity contribution in [2.75, 3.05) is 7.05 Å². The highest BCUT2D eigenvalue weighted by molar-refractivity contribution is 9.10. The Morgan fingerprint density at radius 2 is 2.00 bits per heavy atom. The van der Waals surface area contributed by atoms with E-state index in [1.807, 2.05) is 49.4 Å². The molecule has 0 fully saturated rings. The van der Waals surface area contributed by atoms with Gasteiger partial charge in [0.25, 0.3) is 5.91 Å². The Balaban J connectivity index is 2.16. The lowest BCUT2D eigenvalue weighted by atomic mass is 10.1. The van der Waals surface area contributed by atoms with Crippen LogP contribution < -0.4 is 0 Å². The van der Waals surface area contributed by atoms with Crippen molar-refractivity contribution < 1.29 is 4.79 Å². The van der Waals surface area contributed by atoms with Crippen LogP contribution >= 0.6 is 27.5 Å². The van der Waals surface area contributed by atoms with E-state index >= 15 is 0 Å². The number of hydrogen-bond acceptors (Lipinski definition) is 1. The third kappa shape index (κ3) is 3.84. The van der Waals surface area contributed by atoms with Crippen LogP contribution in [0.15, 0.2) is 46.9 Å². The topological polar surface area (TPSA) is 20.3 Å². The van der Waals surface area contributed by atoms with Crippen molar-refractivity contribution in [2.45, 2.75) is 13.5 Å². The normalized spacial score (nSPS) is 10.4. The van der Waals surface area contributed by atoms with Gasteiger partial charge in [0.15, 0.2) is 0 Å². The zero-order chi connectivity index (χ0) is 14.7. The maximum atomic E-state index is 12.4. The summed E-state index contributed by atoms with van der Waals surface area (Å²) in [6.07, 6.45) is 0. The molecule has 2 nitrogen and oxygen atoms in total. The van der Waals surface area contributed by atoms with E-state index in [2.05, 4.69) is 15.9 Å². The molecule has 104 valence electrons. The Bertz CT molecular complexity index is 622. The highest BCUT2D eigenvalue weighted by Crippen LogP contribution is 2.18. The van der Waals surface area contributed by atoms with Crippen LogP contribution in [0, 0.1) is 6.92 Å². The first-order valence-electron chi connectivity index (χ1n) is 6.23. The summed E-state index contributed by atoms with van der Waals surface area (Å²) < 4.78 is 0.914. The van der Waals surface area contributed by atoms with Crippen molar-refractivity contribution in [3.05, 3.63) is 68.7 Å². The first-order chi connectivity index (χ1) is 9.45. The van der Waals surface area contributed by atoms with Gasteiger partial charge in [-0.05, 0) is 48.4 Å². The monoisotopic (exact) mass is 351 g/mol. The van der Waals surface area contributed by atoms with E-state index in [9.17, 15) is 4.79 Å². The summed E-state index contributed by atoms with van der Waals surface area (Å²) in [5, 5.41) is 0.682. The number of aryl methyl sites for hydroxylation is 1. The van der Waals surface area contributed by atoms with Crippen molar-refractivity contribution in [3.63, 3.8) is 0 Å². The molecule has 0 radical (unpaired) electrons. The van der Waals surface area contributed by atoms with Gasteiger partial charge in [-0.1, -0.05) is 39.7 Å². The second-order valence-electron chi connectivity index (χ2n) is 4.81. The van der Waals surface area contributed by atoms with E-state index in [0.717, 1.165) is 15.6 Å². The smallest absolute Gasteiger partial charge is 0.253 e. The summed E-state index contributed by atoms with van der Waals surface area (Å²) >= 11 is 9.38. The fourth-order valence-electron chi connectivity index (χ4n) is 2.06. The number of halogens is 2. The van der Waals surface area contributed by atoms with Gasteiger partial charge in [-0.25, -0.2) is 0 Å². The number of nitrogens with zero attached hydrogens (tertiary/aromatic N) is 1. The Morgan fingerprint density at radius 1 is 1.25 bits per heavy atom. The lowest BCUT2D eigenvalue weighted by Gasteiger charge is -2.18. The average molecular weight is 353 g/mol. The van der Waals surface area contributed by atoms with E-state index in [0.29, 0.717) is 17.1 Å². The Labute approximate surface area is 132 Å². The molecule has 20 heavy (non-hydrogen) atoms. The zero-order valence-electron chi connectivity index (χ0n) is 11.4. The quantitative estimate of drug-likeness (QED) is 0.785. The maximum Gasteiger partial charge on any atom is 0.253 e. The number of carbonyl (C=O) groups excluding carboxylic acids is 1. The molecule has 2 rings (SSSR count). The highest BCUT2D eigenvalue weighted by Gasteiger charge is 2.13. The van der Waals surface area contributed by atoms with Crippen molar-refractivity contribution in [1.29, 1.82) is 0 Å². The van der Waals surface area contributed by atoms with Crippen LogP contribution in [0.4, 0.5) is 0 Å². The molecule has 0 saturated carbocycles. The van der Waals surface area contributed by atoms with Gasteiger partial charge in [-0.2, -0.15) is 0 Å². The van der Waals surface area contributed by atoms with Crippen LogP contribution in [0.1, 0.15) is 21.5 Å². The Kier molecular flexibility index (Phi) is 4.84. The van der Waals surface area contributed by atoms with Gasteiger partial charge >= 0.3 is 0 Å². The summed E-state index contributed by atoms with van der Waals surface area (Å²) in [5.41, 5.74) is 2.75. The van der Waals surface area contributed by atoms with Crippen molar-refractivity contribution >= 4 is 33.4 Å². The van der Waals surface area contributed by atoms with E-state index in [1.165, 1.54) is 0 Å². The van der Waals surface area contributed by atoms with E-state index in [4.69, 9.17) is 11.6 Å². The number of carbonyl (C=O) groups is 1. The molecule has 4 heteroatoms. The van der Waals surface area contributed by atoms with Crippen molar-refractivity contribution in [3.8, 4) is 0 Å². The van der Waals surface area contributed by atoms with Crippen LogP contribution in [-0.4, -0.2) is 17.9 Å². The number of amides is 1. The maximum absolute atomic E-state index is 12.4. The van der Waals surface area contributed by atoms with Gasteiger partial charge in [-0.15, -0.1) is 0 Å². The molecule has 2 aromatic carbocycles. The molecule has 0 spiro atoms. The molecule has 0 unspecified atom stereocenters. The highest BCUT2D eigenvalue weighted by atomic mass is 79.9. The molecule has 0 bridgehead atoms. The van der Waals surface area contributed by atoms with Gasteiger partial charge in [0.1, 0.15) is 0 Å². The molecule has 0 N–H and O–H groups in total. The standard InChI is InChI=1S/C16H15BrClNO/c1-11-6-13(9-14(17)7-11)16(20)19(2)10-12-4-3-5-15(18)8-12/h3-9H,10H2,1-2H3. The molecule has 0 aliphatic carbocycles. The van der Waals surface area contributed by atoms with Crippen LogP contribution in [0.25, 0.3) is 0 Å². The lowest BCUT2D eigenvalue weighted by Crippen LogP contribution is -2.26. The molecule has 0 aliphatic rings. The Hall–Kier alpha value is -1.32. The largest absolute Gasteiger partial charge is 0.337 e. The van der Waals surface area contributed by atoms with Crippen LogP contribution in [0.3, 0.4) is 0 Å². The van der Waals surface area contributed by atoms with E-state index in [1.54, 1.807) is 11.9 Å². The summed E-state index contributed by atoms with van der Waals surface area (Å²) in [5.74, 6) is -0.00521. The van der Waals surface area contributed by atoms with Gasteiger partial charge in [0.05, 0.1) is 0 Å². The van der Waals surface area contributed by atoms with Gasteiger partial charge in [0.2, 0.25) is 0 Å². The number of rotatable bonds is 3. The number of benzene rings is 2. The first-order valence-corrected chi connectivity index (χ1v) is 7.40. The molecular weight excluding hydrogens is 338 g/mol. The fourth-order valence-corrected chi connectivity index (χ4v) is 2.88. The number of hydrogen-bond donors (Lipinski definition) is 0.